The van der Waals surface area contributed by atoms with E-state index in [1.54, 1.807) is 6.92 Å². The number of nitrogens with one attached hydrogen (secondary N) is 4. The molecule has 1 aliphatic carbocycles. The second-order valence-electron chi connectivity index (χ2n) is 7.71. The van der Waals surface area contributed by atoms with Gasteiger partial charge in [-0.1, -0.05) is 19.8 Å². The molecule has 28 heavy (non-hydrogen) atoms. The smallest absolute Gasteiger partial charge is 0.407 e. The molecule has 0 saturated heterocycles. The molecule has 9 nitrogen and oxygen atoms in total. The maximum atomic E-state index is 12.4. The number of aryl methyl sites for hydroxylation is 1. The van der Waals surface area contributed by atoms with Crippen LogP contribution in [0.4, 0.5) is 15.5 Å². The highest BCUT2D eigenvalue weighted by Crippen LogP contribution is 2.32. The average Bonchev–Trinajstić information content (AvgIpc) is 2.58. The third-order valence-corrected chi connectivity index (χ3v) is 4.86. The first kappa shape index (κ1) is 21.7. The predicted molar refractivity (Wildman–Crippen MR) is 106 cm³/mol. The van der Waals surface area contributed by atoms with Crippen molar-refractivity contribution in [3.8, 4) is 0 Å². The normalized spacial score (nSPS) is 21.6. The van der Waals surface area contributed by atoms with E-state index >= 15 is 0 Å². The van der Waals surface area contributed by atoms with Crippen molar-refractivity contribution < 1.29 is 14.3 Å². The summed E-state index contributed by atoms with van der Waals surface area (Å²) in [5.74, 6) is 0.379. The number of anilines is 1. The minimum absolute atomic E-state index is 0.120. The number of urea groups is 1. The highest BCUT2D eigenvalue weighted by molar-refractivity contribution is 5.87. The minimum Gasteiger partial charge on any atom is -0.450 e. The molecule has 9 heteroatoms. The Morgan fingerprint density at radius 2 is 2.21 bits per heavy atom. The van der Waals surface area contributed by atoms with Crippen LogP contribution in [0.1, 0.15) is 58.1 Å². The van der Waals surface area contributed by atoms with Crippen LogP contribution >= 0.6 is 0 Å². The summed E-state index contributed by atoms with van der Waals surface area (Å²) in [5.41, 5.74) is -0.186. The van der Waals surface area contributed by atoms with Crippen molar-refractivity contribution in [1.29, 1.82) is 0 Å². The molecule has 4 N–H and O–H groups in total. The van der Waals surface area contributed by atoms with Crippen LogP contribution < -0.4 is 21.5 Å². The van der Waals surface area contributed by atoms with Crippen LogP contribution in [0, 0.1) is 12.8 Å². The van der Waals surface area contributed by atoms with Crippen molar-refractivity contribution in [2.45, 2.75) is 64.8 Å². The molecular formula is C19H31N5O4. The van der Waals surface area contributed by atoms with Crippen LogP contribution in [-0.4, -0.2) is 40.8 Å². The van der Waals surface area contributed by atoms with Gasteiger partial charge in [0.2, 0.25) is 5.95 Å². The number of hydrogen-bond donors (Lipinski definition) is 4. The summed E-state index contributed by atoms with van der Waals surface area (Å²) >= 11 is 0. The molecule has 1 saturated carbocycles. The van der Waals surface area contributed by atoms with Gasteiger partial charge in [-0.3, -0.25) is 15.1 Å². The first-order valence-electron chi connectivity index (χ1n) is 9.87. The number of aromatic nitrogens is 2. The SMILES string of the molecule is CCCCOC(=O)NCC1CCCC(C)(NC(=O)Nc2nc(C)cc(=O)[nH]2)C1. The second-order valence-corrected chi connectivity index (χ2v) is 7.71. The predicted octanol–water partition coefficient (Wildman–Crippen LogP) is 2.68. The van der Waals surface area contributed by atoms with E-state index in [2.05, 4.69) is 25.9 Å². The summed E-state index contributed by atoms with van der Waals surface area (Å²) in [6.07, 6.45) is 4.97. The standard InChI is InChI=1S/C19H31N5O4/c1-4-5-9-28-18(27)20-12-14-7-6-8-19(3,11-14)24-17(26)23-16-21-13(2)10-15(25)22-16/h10,14H,4-9,11-12H2,1-3H3,(H,20,27)(H3,21,22,23,24,25,26). The van der Waals surface area contributed by atoms with Gasteiger partial charge in [0, 0.05) is 23.8 Å². The summed E-state index contributed by atoms with van der Waals surface area (Å²) in [5, 5.41) is 8.38. The number of carbonyl (C=O) groups is 2. The lowest BCUT2D eigenvalue weighted by Gasteiger charge is -2.38. The molecule has 1 aliphatic rings. The first-order valence-corrected chi connectivity index (χ1v) is 9.87. The van der Waals surface area contributed by atoms with Gasteiger partial charge in [0.05, 0.1) is 6.61 Å². The monoisotopic (exact) mass is 393 g/mol. The Balaban J connectivity index is 1.82. The summed E-state index contributed by atoms with van der Waals surface area (Å²) in [4.78, 5) is 42.1. The number of amides is 3. The summed E-state index contributed by atoms with van der Waals surface area (Å²) in [6, 6.07) is 0.944. The van der Waals surface area contributed by atoms with Gasteiger partial charge >= 0.3 is 12.1 Å². The number of unbranched alkanes of at least 4 members (excludes halogenated alkanes) is 1. The Hall–Kier alpha value is -2.58. The fraction of sp³-hybridized carbons (Fsp3) is 0.684. The topological polar surface area (TPSA) is 125 Å². The Bertz CT molecular complexity index is 735. The van der Waals surface area contributed by atoms with E-state index in [1.807, 2.05) is 13.8 Å². The molecule has 2 unspecified atom stereocenters. The molecule has 2 atom stereocenters. The number of aromatic amines is 1. The van der Waals surface area contributed by atoms with E-state index in [4.69, 9.17) is 4.74 Å². The van der Waals surface area contributed by atoms with Gasteiger partial charge in [0.15, 0.2) is 0 Å². The van der Waals surface area contributed by atoms with Gasteiger partial charge in [-0.05, 0) is 45.4 Å². The van der Waals surface area contributed by atoms with Crippen molar-refractivity contribution in [2.75, 3.05) is 18.5 Å². The summed E-state index contributed by atoms with van der Waals surface area (Å²) < 4.78 is 5.11. The van der Waals surface area contributed by atoms with Crippen LogP contribution in [0.3, 0.4) is 0 Å². The highest BCUT2D eigenvalue weighted by atomic mass is 16.5. The Labute approximate surface area is 165 Å². The number of rotatable bonds is 7. The number of H-pyrrole nitrogens is 1. The lowest BCUT2D eigenvalue weighted by molar-refractivity contribution is 0.137. The second kappa shape index (κ2) is 10.1. The van der Waals surface area contributed by atoms with Crippen LogP contribution in [0.25, 0.3) is 0 Å². The van der Waals surface area contributed by atoms with Gasteiger partial charge in [0.1, 0.15) is 0 Å². The van der Waals surface area contributed by atoms with Gasteiger partial charge in [0.25, 0.3) is 5.56 Å². The van der Waals surface area contributed by atoms with Crippen LogP contribution in [0.5, 0.6) is 0 Å². The van der Waals surface area contributed by atoms with Gasteiger partial charge < -0.3 is 15.4 Å². The zero-order chi connectivity index (χ0) is 20.6. The Morgan fingerprint density at radius 3 is 2.93 bits per heavy atom. The lowest BCUT2D eigenvalue weighted by atomic mass is 9.77. The number of nitrogens with zero attached hydrogens (tertiary/aromatic N) is 1. The molecule has 1 aromatic rings. The van der Waals surface area contributed by atoms with Gasteiger partial charge in [-0.15, -0.1) is 0 Å². The van der Waals surface area contributed by atoms with Crippen LogP contribution in [0.2, 0.25) is 0 Å². The van der Waals surface area contributed by atoms with Crippen molar-refractivity contribution in [1.82, 2.24) is 20.6 Å². The average molecular weight is 393 g/mol. The Morgan fingerprint density at radius 1 is 1.43 bits per heavy atom. The lowest BCUT2D eigenvalue weighted by Crippen LogP contribution is -2.51. The molecule has 0 bridgehead atoms. The molecule has 1 heterocycles. The minimum atomic E-state index is -0.413. The Kier molecular flexibility index (Phi) is 7.83. The molecule has 1 aromatic heterocycles. The largest absolute Gasteiger partial charge is 0.450 e. The number of hydrogen-bond acceptors (Lipinski definition) is 5. The number of ether oxygens (including phenoxy) is 1. The molecule has 0 spiro atoms. The third kappa shape index (κ3) is 7.21. The maximum Gasteiger partial charge on any atom is 0.407 e. The van der Waals surface area contributed by atoms with Gasteiger partial charge in [-0.2, -0.15) is 0 Å². The molecule has 3 amide bonds. The van der Waals surface area contributed by atoms with Crippen LogP contribution in [0.15, 0.2) is 10.9 Å². The van der Waals surface area contributed by atoms with E-state index < -0.39 is 11.6 Å². The fourth-order valence-electron chi connectivity index (χ4n) is 3.55. The number of carbonyl (C=O) groups excluding carboxylic acids is 2. The van der Waals surface area contributed by atoms with E-state index in [9.17, 15) is 14.4 Å². The van der Waals surface area contributed by atoms with E-state index in [0.29, 0.717) is 18.8 Å². The van der Waals surface area contributed by atoms with Crippen molar-refractivity contribution in [3.05, 3.63) is 22.1 Å². The van der Waals surface area contributed by atoms with E-state index in [1.165, 1.54) is 6.07 Å². The molecule has 0 aliphatic heterocycles. The third-order valence-electron chi connectivity index (χ3n) is 4.86. The zero-order valence-corrected chi connectivity index (χ0v) is 16.9. The first-order chi connectivity index (χ1) is 13.3. The summed E-state index contributed by atoms with van der Waals surface area (Å²) in [7, 11) is 0. The molecular weight excluding hydrogens is 362 g/mol. The van der Waals surface area contributed by atoms with Crippen LogP contribution in [-0.2, 0) is 4.74 Å². The maximum absolute atomic E-state index is 12.4. The number of alkyl carbamates (subject to hydrolysis) is 1. The van der Waals surface area contributed by atoms with E-state index in [0.717, 1.165) is 38.5 Å². The van der Waals surface area contributed by atoms with Crippen molar-refractivity contribution in [2.24, 2.45) is 5.92 Å². The molecule has 1 fully saturated rings. The van der Waals surface area contributed by atoms with Crippen molar-refractivity contribution >= 4 is 18.1 Å². The fourth-order valence-corrected chi connectivity index (χ4v) is 3.55. The molecule has 156 valence electrons. The molecule has 0 radical (unpaired) electrons. The quantitative estimate of drug-likeness (QED) is 0.530. The highest BCUT2D eigenvalue weighted by Gasteiger charge is 2.33. The van der Waals surface area contributed by atoms with E-state index in [-0.39, 0.29) is 23.5 Å². The van der Waals surface area contributed by atoms with Gasteiger partial charge in [-0.25, -0.2) is 14.6 Å². The van der Waals surface area contributed by atoms with Crippen molar-refractivity contribution in [3.63, 3.8) is 0 Å². The molecule has 0 aromatic carbocycles. The summed E-state index contributed by atoms with van der Waals surface area (Å²) in [6.45, 7) is 6.68. The molecule has 2 rings (SSSR count). The zero-order valence-electron chi connectivity index (χ0n) is 16.9.